The van der Waals surface area contributed by atoms with Crippen LogP contribution in [0.4, 0.5) is 0 Å². The van der Waals surface area contributed by atoms with Crippen molar-refractivity contribution in [3.05, 3.63) is 66.0 Å². The molecule has 0 saturated carbocycles. The lowest BCUT2D eigenvalue weighted by Gasteiger charge is -2.34. The van der Waals surface area contributed by atoms with E-state index in [4.69, 9.17) is 4.98 Å². The fourth-order valence-electron chi connectivity index (χ4n) is 4.37. The highest BCUT2D eigenvalue weighted by atomic mass is 15.3. The molecule has 0 amide bonds. The molecule has 1 saturated heterocycles. The van der Waals surface area contributed by atoms with Gasteiger partial charge in [0.2, 0.25) is 0 Å². The van der Waals surface area contributed by atoms with E-state index in [0.29, 0.717) is 0 Å². The summed E-state index contributed by atoms with van der Waals surface area (Å²) in [6, 6.07) is 19.3. The molecule has 2 heterocycles. The van der Waals surface area contributed by atoms with Crippen molar-refractivity contribution in [3.8, 4) is 0 Å². The molecule has 0 radical (unpaired) electrons. The summed E-state index contributed by atoms with van der Waals surface area (Å²) in [5, 5.41) is 3.62. The third-order valence-electron chi connectivity index (χ3n) is 6.01. The molecule has 2 aromatic carbocycles. The first kappa shape index (κ1) is 21.0. The second kappa shape index (κ2) is 10.7. The van der Waals surface area contributed by atoms with E-state index in [1.54, 1.807) is 0 Å². The predicted octanol–water partition coefficient (Wildman–Crippen LogP) is 3.74. The molecule has 5 nitrogen and oxygen atoms in total. The Kier molecular flexibility index (Phi) is 7.51. The van der Waals surface area contributed by atoms with Gasteiger partial charge in [0.05, 0.1) is 17.6 Å². The number of aryl methyl sites for hydroxylation is 1. The van der Waals surface area contributed by atoms with E-state index in [0.717, 1.165) is 43.9 Å². The molecule has 160 valence electrons. The van der Waals surface area contributed by atoms with Gasteiger partial charge in [0.25, 0.3) is 0 Å². The average Bonchev–Trinajstić information content (AvgIpc) is 3.13. The van der Waals surface area contributed by atoms with Crippen LogP contribution in [0.5, 0.6) is 0 Å². The van der Waals surface area contributed by atoms with Gasteiger partial charge in [-0.3, -0.25) is 4.90 Å². The number of hydrogen-bond acceptors (Lipinski definition) is 4. The number of nitrogens with one attached hydrogen (secondary N) is 1. The van der Waals surface area contributed by atoms with Crippen LogP contribution in [0.25, 0.3) is 11.0 Å². The van der Waals surface area contributed by atoms with Crippen molar-refractivity contribution in [1.82, 2.24) is 24.7 Å². The van der Waals surface area contributed by atoms with Gasteiger partial charge in [0.15, 0.2) is 0 Å². The third-order valence-corrected chi connectivity index (χ3v) is 6.01. The van der Waals surface area contributed by atoms with Crippen molar-refractivity contribution in [2.45, 2.75) is 39.4 Å². The number of rotatable bonds is 10. The number of imidazole rings is 1. The summed E-state index contributed by atoms with van der Waals surface area (Å²) in [6.45, 7) is 12.1. The van der Waals surface area contributed by atoms with Crippen molar-refractivity contribution in [2.75, 3.05) is 39.3 Å². The number of fused-ring (bicyclic) bond motifs is 1. The molecule has 1 aliphatic rings. The smallest absolute Gasteiger partial charge is 0.123 e. The Balaban J connectivity index is 1.16. The van der Waals surface area contributed by atoms with E-state index in [9.17, 15) is 0 Å². The first-order chi connectivity index (χ1) is 14.8. The Bertz CT molecular complexity index is 896. The zero-order chi connectivity index (χ0) is 20.6. The molecule has 4 rings (SSSR count). The fraction of sp³-hybridized carbons (Fsp3) is 0.480. The lowest BCUT2D eigenvalue weighted by molar-refractivity contribution is 0.126. The van der Waals surface area contributed by atoms with E-state index >= 15 is 0 Å². The topological polar surface area (TPSA) is 36.3 Å². The molecule has 0 bridgehead atoms. The molecule has 0 unspecified atom stereocenters. The van der Waals surface area contributed by atoms with Crippen molar-refractivity contribution in [3.63, 3.8) is 0 Å². The van der Waals surface area contributed by atoms with E-state index in [-0.39, 0.29) is 0 Å². The highest BCUT2D eigenvalue weighted by Crippen LogP contribution is 2.16. The Morgan fingerprint density at radius 2 is 1.60 bits per heavy atom. The van der Waals surface area contributed by atoms with Crippen LogP contribution >= 0.6 is 0 Å². The maximum Gasteiger partial charge on any atom is 0.123 e. The van der Waals surface area contributed by atoms with E-state index in [2.05, 4.69) is 81.2 Å². The van der Waals surface area contributed by atoms with Crippen molar-refractivity contribution in [2.24, 2.45) is 0 Å². The summed E-state index contributed by atoms with van der Waals surface area (Å²) in [5.74, 6) is 1.16. The van der Waals surface area contributed by atoms with E-state index in [1.165, 1.54) is 50.2 Å². The highest BCUT2D eigenvalue weighted by molar-refractivity contribution is 5.75. The largest absolute Gasteiger partial charge is 0.327 e. The standard InChI is InChI=1S/C25H35N5/c1-2-14-30-24-12-7-6-11-23(24)27-25(30)20-26-13-8-15-28-16-18-29(19-17-28)21-22-9-4-3-5-10-22/h3-7,9-12,26H,2,8,13-21H2,1H3. The molecule has 0 spiro atoms. The van der Waals surface area contributed by atoms with Crippen LogP contribution in [0, 0.1) is 0 Å². The summed E-state index contributed by atoms with van der Waals surface area (Å²) in [4.78, 5) is 10.0. The first-order valence-corrected chi connectivity index (χ1v) is 11.5. The van der Waals surface area contributed by atoms with Crippen LogP contribution in [0.15, 0.2) is 54.6 Å². The van der Waals surface area contributed by atoms with E-state index < -0.39 is 0 Å². The second-order valence-electron chi connectivity index (χ2n) is 8.30. The molecule has 5 heteroatoms. The monoisotopic (exact) mass is 405 g/mol. The number of para-hydroxylation sites is 2. The lowest BCUT2D eigenvalue weighted by atomic mass is 10.2. The van der Waals surface area contributed by atoms with E-state index in [1.807, 2.05) is 0 Å². The number of aromatic nitrogens is 2. The Hall–Kier alpha value is -2.21. The molecule has 1 aromatic heterocycles. The Morgan fingerprint density at radius 1 is 0.867 bits per heavy atom. The van der Waals surface area contributed by atoms with Gasteiger partial charge in [0.1, 0.15) is 5.82 Å². The van der Waals surface area contributed by atoms with Crippen LogP contribution in [0.3, 0.4) is 0 Å². The zero-order valence-electron chi connectivity index (χ0n) is 18.3. The lowest BCUT2D eigenvalue weighted by Crippen LogP contribution is -2.46. The SMILES string of the molecule is CCCn1c(CNCCCN2CCN(Cc3ccccc3)CC2)nc2ccccc21. The number of nitrogens with zero attached hydrogens (tertiary/aromatic N) is 4. The van der Waals surface area contributed by atoms with Gasteiger partial charge < -0.3 is 14.8 Å². The van der Waals surface area contributed by atoms with Gasteiger partial charge in [-0.15, -0.1) is 0 Å². The van der Waals surface area contributed by atoms with Crippen LogP contribution in [0.1, 0.15) is 31.2 Å². The molecular weight excluding hydrogens is 370 g/mol. The molecule has 30 heavy (non-hydrogen) atoms. The van der Waals surface area contributed by atoms with Crippen LogP contribution in [-0.2, 0) is 19.6 Å². The molecular formula is C25H35N5. The average molecular weight is 406 g/mol. The van der Waals surface area contributed by atoms with Crippen LogP contribution < -0.4 is 5.32 Å². The Morgan fingerprint density at radius 3 is 2.40 bits per heavy atom. The molecule has 0 aliphatic carbocycles. The molecule has 1 N–H and O–H groups in total. The minimum absolute atomic E-state index is 0.847. The third kappa shape index (κ3) is 5.48. The van der Waals surface area contributed by atoms with Gasteiger partial charge in [-0.1, -0.05) is 49.4 Å². The zero-order valence-corrected chi connectivity index (χ0v) is 18.3. The first-order valence-electron chi connectivity index (χ1n) is 11.5. The van der Waals surface area contributed by atoms with Crippen LogP contribution in [0.2, 0.25) is 0 Å². The van der Waals surface area contributed by atoms with Gasteiger partial charge >= 0.3 is 0 Å². The molecule has 1 fully saturated rings. The highest BCUT2D eigenvalue weighted by Gasteiger charge is 2.16. The number of hydrogen-bond donors (Lipinski definition) is 1. The normalized spacial score (nSPS) is 15.8. The van der Waals surface area contributed by atoms with Crippen molar-refractivity contribution >= 4 is 11.0 Å². The quantitative estimate of drug-likeness (QED) is 0.521. The Labute approximate surface area is 180 Å². The van der Waals surface area contributed by atoms with Gasteiger partial charge in [-0.25, -0.2) is 4.98 Å². The van der Waals surface area contributed by atoms with Gasteiger partial charge in [-0.05, 0) is 43.6 Å². The van der Waals surface area contributed by atoms with Gasteiger partial charge in [-0.2, -0.15) is 0 Å². The second-order valence-corrected chi connectivity index (χ2v) is 8.30. The minimum atomic E-state index is 0.847. The number of benzene rings is 2. The molecule has 0 atom stereocenters. The summed E-state index contributed by atoms with van der Waals surface area (Å²) < 4.78 is 2.37. The summed E-state index contributed by atoms with van der Waals surface area (Å²) >= 11 is 0. The molecule has 3 aromatic rings. The minimum Gasteiger partial charge on any atom is -0.327 e. The molecule has 1 aliphatic heterocycles. The summed E-state index contributed by atoms with van der Waals surface area (Å²) in [6.07, 6.45) is 2.32. The fourth-order valence-corrected chi connectivity index (χ4v) is 4.37. The van der Waals surface area contributed by atoms with Crippen molar-refractivity contribution < 1.29 is 0 Å². The predicted molar refractivity (Wildman–Crippen MR) is 125 cm³/mol. The summed E-state index contributed by atoms with van der Waals surface area (Å²) in [7, 11) is 0. The maximum absolute atomic E-state index is 4.85. The van der Waals surface area contributed by atoms with Crippen LogP contribution in [-0.4, -0.2) is 58.6 Å². The maximum atomic E-state index is 4.85. The van der Waals surface area contributed by atoms with Gasteiger partial charge in [0, 0.05) is 39.3 Å². The number of piperazine rings is 1. The summed E-state index contributed by atoms with van der Waals surface area (Å²) in [5.41, 5.74) is 3.78. The van der Waals surface area contributed by atoms with Crippen molar-refractivity contribution in [1.29, 1.82) is 0 Å².